The van der Waals surface area contributed by atoms with E-state index in [-0.39, 0.29) is 11.3 Å². The van der Waals surface area contributed by atoms with Gasteiger partial charge in [0.1, 0.15) is 0 Å². The van der Waals surface area contributed by atoms with E-state index in [2.05, 4.69) is 31.2 Å². The molecule has 2 atom stereocenters. The lowest BCUT2D eigenvalue weighted by Crippen LogP contribution is -2.52. The predicted molar refractivity (Wildman–Crippen MR) is 96.7 cm³/mol. The molecule has 2 rings (SSSR count). The van der Waals surface area contributed by atoms with Crippen molar-refractivity contribution in [2.75, 3.05) is 31.7 Å². The van der Waals surface area contributed by atoms with E-state index in [9.17, 15) is 8.42 Å². The number of nitrogens with one attached hydrogen (secondary N) is 1. The summed E-state index contributed by atoms with van der Waals surface area (Å²) in [5, 5.41) is 3.52. The molecular weight excluding hydrogens is 308 g/mol. The highest BCUT2D eigenvalue weighted by Gasteiger charge is 2.36. The van der Waals surface area contributed by atoms with Crippen LogP contribution >= 0.6 is 0 Å². The van der Waals surface area contributed by atoms with Crippen LogP contribution in [0.5, 0.6) is 0 Å². The van der Waals surface area contributed by atoms with Gasteiger partial charge in [-0.1, -0.05) is 26.7 Å². The lowest BCUT2D eigenvalue weighted by Gasteiger charge is -2.45. The summed E-state index contributed by atoms with van der Waals surface area (Å²) >= 11 is 0. The topological polar surface area (TPSA) is 49.4 Å². The molecule has 1 N–H and O–H groups in total. The summed E-state index contributed by atoms with van der Waals surface area (Å²) in [6, 6.07) is 7.15. The van der Waals surface area contributed by atoms with Gasteiger partial charge < -0.3 is 10.2 Å². The smallest absolute Gasteiger partial charge is 0.178 e. The van der Waals surface area contributed by atoms with Crippen molar-refractivity contribution in [2.24, 2.45) is 5.92 Å². The van der Waals surface area contributed by atoms with E-state index in [0.29, 0.717) is 4.90 Å². The van der Waals surface area contributed by atoms with E-state index < -0.39 is 9.84 Å². The van der Waals surface area contributed by atoms with Gasteiger partial charge in [0.2, 0.25) is 0 Å². The summed E-state index contributed by atoms with van der Waals surface area (Å²) in [6.45, 7) is 4.90. The van der Waals surface area contributed by atoms with Crippen LogP contribution in [0.15, 0.2) is 29.2 Å². The number of hydrogen-bond donors (Lipinski definition) is 1. The molecule has 1 saturated carbocycles. The Labute approximate surface area is 141 Å². The van der Waals surface area contributed by atoms with Gasteiger partial charge in [-0.3, -0.25) is 0 Å². The van der Waals surface area contributed by atoms with Crippen molar-refractivity contribution in [1.29, 1.82) is 0 Å². The summed E-state index contributed by atoms with van der Waals surface area (Å²) in [6.07, 6.45) is 5.00. The Hall–Kier alpha value is -1.07. The zero-order valence-electron chi connectivity index (χ0n) is 14.8. The molecule has 130 valence electrons. The quantitative estimate of drug-likeness (QED) is 0.863. The Morgan fingerprint density at radius 3 is 2.43 bits per heavy atom. The summed E-state index contributed by atoms with van der Waals surface area (Å²) < 4.78 is 23.7. The Morgan fingerprint density at radius 2 is 1.91 bits per heavy atom. The van der Waals surface area contributed by atoms with E-state index in [1.807, 2.05) is 12.1 Å². The van der Waals surface area contributed by atoms with E-state index in [1.165, 1.54) is 25.7 Å². The summed E-state index contributed by atoms with van der Waals surface area (Å²) in [4.78, 5) is 2.75. The fraction of sp³-hybridized carbons (Fsp3) is 0.667. The molecule has 1 aromatic carbocycles. The van der Waals surface area contributed by atoms with E-state index in [0.717, 1.165) is 18.2 Å². The fourth-order valence-corrected chi connectivity index (χ4v) is 4.45. The highest BCUT2D eigenvalue weighted by Crippen LogP contribution is 2.35. The first-order chi connectivity index (χ1) is 10.8. The van der Waals surface area contributed by atoms with Crippen LogP contribution in [0.1, 0.15) is 39.5 Å². The van der Waals surface area contributed by atoms with Crippen LogP contribution in [0, 0.1) is 5.92 Å². The average molecular weight is 339 g/mol. The highest BCUT2D eigenvalue weighted by molar-refractivity contribution is 7.91. The molecule has 0 spiro atoms. The van der Waals surface area contributed by atoms with Crippen molar-refractivity contribution < 1.29 is 8.42 Å². The summed E-state index contributed by atoms with van der Waals surface area (Å²) in [5.41, 5.74) is 1.17. The van der Waals surface area contributed by atoms with Gasteiger partial charge in [-0.2, -0.15) is 0 Å². The van der Waals surface area contributed by atoms with Crippen molar-refractivity contribution in [3.05, 3.63) is 24.3 Å². The number of nitrogens with zero attached hydrogens (tertiary/aromatic N) is 1. The Morgan fingerprint density at radius 1 is 1.26 bits per heavy atom. The second kappa shape index (κ2) is 7.22. The molecular formula is C18H30N2O2S. The minimum absolute atomic E-state index is 0.140. The van der Waals surface area contributed by atoms with Gasteiger partial charge in [-0.15, -0.1) is 0 Å². The minimum atomic E-state index is -3.12. The normalized spacial score (nSPS) is 25.5. The molecule has 2 unspecified atom stereocenters. The first-order valence-electron chi connectivity index (χ1n) is 8.53. The molecule has 0 aliphatic heterocycles. The third-order valence-electron chi connectivity index (χ3n) is 5.23. The van der Waals surface area contributed by atoms with Crippen LogP contribution in [0.2, 0.25) is 0 Å². The number of rotatable bonds is 6. The number of sulfone groups is 1. The lowest BCUT2D eigenvalue weighted by atomic mass is 9.75. The first kappa shape index (κ1) is 18.3. The maximum Gasteiger partial charge on any atom is 0.178 e. The van der Waals surface area contributed by atoms with Crippen molar-refractivity contribution in [1.82, 2.24) is 4.90 Å². The van der Waals surface area contributed by atoms with Crippen molar-refractivity contribution in [2.45, 2.75) is 50.0 Å². The van der Waals surface area contributed by atoms with Gasteiger partial charge in [-0.05, 0) is 57.1 Å². The summed E-state index contributed by atoms with van der Waals surface area (Å²) in [5.74, 6) is 0.895. The molecule has 23 heavy (non-hydrogen) atoms. The molecule has 4 nitrogen and oxygen atoms in total. The number of hydrogen-bond acceptors (Lipinski definition) is 4. The van der Waals surface area contributed by atoms with Gasteiger partial charge in [0.25, 0.3) is 0 Å². The van der Waals surface area contributed by atoms with Gasteiger partial charge >= 0.3 is 0 Å². The van der Waals surface area contributed by atoms with Crippen LogP contribution in [-0.2, 0) is 9.84 Å². The average Bonchev–Trinajstić information content (AvgIpc) is 2.53. The fourth-order valence-electron chi connectivity index (χ4n) is 3.57. The minimum Gasteiger partial charge on any atom is -0.383 e. The third kappa shape index (κ3) is 4.27. The van der Waals surface area contributed by atoms with Crippen LogP contribution in [0.3, 0.4) is 0 Å². The van der Waals surface area contributed by atoms with Crippen LogP contribution in [0.4, 0.5) is 5.69 Å². The standard InChI is InChI=1S/C18H30N2O2S/c1-5-23(21,22)17-10-8-16(9-11-17)19-14-18(20(3)4)12-6-7-15(2)13-18/h8-11,15,19H,5-7,12-14H2,1-4H3. The molecule has 1 fully saturated rings. The maximum absolute atomic E-state index is 11.9. The second-order valence-electron chi connectivity index (χ2n) is 7.10. The highest BCUT2D eigenvalue weighted by atomic mass is 32.2. The number of benzene rings is 1. The zero-order chi connectivity index (χ0) is 17.1. The Balaban J connectivity index is 2.07. The van der Waals surface area contributed by atoms with Crippen LogP contribution in [0.25, 0.3) is 0 Å². The van der Waals surface area contributed by atoms with Gasteiger partial charge in [-0.25, -0.2) is 8.42 Å². The third-order valence-corrected chi connectivity index (χ3v) is 6.98. The molecule has 1 aromatic rings. The van der Waals surface area contributed by atoms with Gasteiger partial charge in [0.15, 0.2) is 9.84 Å². The Kier molecular flexibility index (Phi) is 5.74. The van der Waals surface area contributed by atoms with E-state index in [4.69, 9.17) is 0 Å². The lowest BCUT2D eigenvalue weighted by molar-refractivity contribution is 0.0882. The largest absolute Gasteiger partial charge is 0.383 e. The first-order valence-corrected chi connectivity index (χ1v) is 10.2. The molecule has 0 heterocycles. The predicted octanol–water partition coefficient (Wildman–Crippen LogP) is 3.40. The molecule has 0 saturated heterocycles. The van der Waals surface area contributed by atoms with Gasteiger partial charge in [0, 0.05) is 17.8 Å². The SMILES string of the molecule is CCS(=O)(=O)c1ccc(NCC2(N(C)C)CCCC(C)C2)cc1. The Bertz CT molecular complexity index is 610. The zero-order valence-corrected chi connectivity index (χ0v) is 15.6. The van der Waals surface area contributed by atoms with Crippen molar-refractivity contribution in [3.63, 3.8) is 0 Å². The number of anilines is 1. The molecule has 1 aliphatic carbocycles. The van der Waals surface area contributed by atoms with E-state index >= 15 is 0 Å². The molecule has 0 amide bonds. The van der Waals surface area contributed by atoms with Crippen molar-refractivity contribution >= 4 is 15.5 Å². The van der Waals surface area contributed by atoms with Crippen LogP contribution < -0.4 is 5.32 Å². The second-order valence-corrected chi connectivity index (χ2v) is 9.38. The van der Waals surface area contributed by atoms with Crippen LogP contribution in [-0.4, -0.2) is 45.2 Å². The molecule has 0 radical (unpaired) electrons. The van der Waals surface area contributed by atoms with Crippen molar-refractivity contribution in [3.8, 4) is 0 Å². The maximum atomic E-state index is 11.9. The monoisotopic (exact) mass is 338 g/mol. The number of likely N-dealkylation sites (N-methyl/N-ethyl adjacent to an activating group) is 1. The van der Waals surface area contributed by atoms with E-state index in [1.54, 1.807) is 19.1 Å². The molecule has 5 heteroatoms. The summed E-state index contributed by atoms with van der Waals surface area (Å²) in [7, 11) is 1.21. The molecule has 0 aromatic heterocycles. The van der Waals surface area contributed by atoms with Gasteiger partial charge in [0.05, 0.1) is 10.6 Å². The molecule has 1 aliphatic rings. The molecule has 0 bridgehead atoms.